The number of pyridine rings is 1. The molecule has 2 N–H and O–H groups in total. The molecule has 0 saturated carbocycles. The average molecular weight is 378 g/mol. The van der Waals surface area contributed by atoms with Crippen LogP contribution in [0.15, 0.2) is 60.7 Å². The molecule has 0 aliphatic carbocycles. The minimum atomic E-state index is 0.236. The van der Waals surface area contributed by atoms with E-state index >= 15 is 0 Å². The van der Waals surface area contributed by atoms with Gasteiger partial charge in [-0.25, -0.2) is 4.98 Å². The molecular weight excluding hydrogens is 352 g/mol. The van der Waals surface area contributed by atoms with Gasteiger partial charge in [0, 0.05) is 31.4 Å². The van der Waals surface area contributed by atoms with Gasteiger partial charge in [-0.3, -0.25) is 0 Å². The molecule has 0 spiro atoms. The van der Waals surface area contributed by atoms with Crippen LogP contribution in [0.4, 0.5) is 5.82 Å². The molecule has 28 heavy (non-hydrogen) atoms. The van der Waals surface area contributed by atoms with Gasteiger partial charge in [0.1, 0.15) is 17.3 Å². The molecule has 0 aliphatic heterocycles. The van der Waals surface area contributed by atoms with Crippen LogP contribution < -0.4 is 10.1 Å². The molecule has 0 fully saturated rings. The number of ether oxygens (including phenoxy) is 2. The highest BCUT2D eigenvalue weighted by Crippen LogP contribution is 2.34. The number of rotatable bonds is 9. The molecule has 5 nitrogen and oxygen atoms in total. The van der Waals surface area contributed by atoms with Crippen molar-refractivity contribution in [3.05, 3.63) is 60.7 Å². The number of phenols is 1. The van der Waals surface area contributed by atoms with E-state index in [2.05, 4.69) is 11.4 Å². The minimum absolute atomic E-state index is 0.236. The molecule has 3 aromatic rings. The van der Waals surface area contributed by atoms with Crippen molar-refractivity contribution in [2.45, 2.75) is 13.3 Å². The summed E-state index contributed by atoms with van der Waals surface area (Å²) < 4.78 is 10.9. The number of para-hydroxylation sites is 1. The second kappa shape index (κ2) is 9.76. The van der Waals surface area contributed by atoms with Crippen molar-refractivity contribution in [2.75, 3.05) is 32.2 Å². The quantitative estimate of drug-likeness (QED) is 0.515. The molecule has 0 aliphatic rings. The zero-order chi connectivity index (χ0) is 19.8. The van der Waals surface area contributed by atoms with Crippen LogP contribution in [0.3, 0.4) is 0 Å². The number of aromatic hydroxyl groups is 1. The molecule has 5 heteroatoms. The number of aromatic nitrogens is 1. The van der Waals surface area contributed by atoms with E-state index in [0.717, 1.165) is 46.9 Å². The van der Waals surface area contributed by atoms with Crippen molar-refractivity contribution in [1.29, 1.82) is 0 Å². The van der Waals surface area contributed by atoms with Crippen LogP contribution in [-0.2, 0) is 4.74 Å². The van der Waals surface area contributed by atoms with E-state index in [-0.39, 0.29) is 5.75 Å². The number of nitrogens with zero attached hydrogens (tertiary/aromatic N) is 1. The van der Waals surface area contributed by atoms with Crippen LogP contribution in [0.25, 0.3) is 22.4 Å². The first-order valence-corrected chi connectivity index (χ1v) is 9.47. The van der Waals surface area contributed by atoms with E-state index in [9.17, 15) is 5.11 Å². The summed E-state index contributed by atoms with van der Waals surface area (Å²) in [4.78, 5) is 4.76. The van der Waals surface area contributed by atoms with Gasteiger partial charge in [0.25, 0.3) is 0 Å². The first-order valence-electron chi connectivity index (χ1n) is 9.47. The monoisotopic (exact) mass is 378 g/mol. The Kier molecular flexibility index (Phi) is 6.87. The number of methoxy groups -OCH3 is 1. The average Bonchev–Trinajstić information content (AvgIpc) is 2.72. The Bertz CT molecular complexity index is 895. The van der Waals surface area contributed by atoms with Crippen molar-refractivity contribution in [2.24, 2.45) is 0 Å². The summed E-state index contributed by atoms with van der Waals surface area (Å²) in [5.74, 6) is 1.88. The number of hydrogen-bond donors (Lipinski definition) is 2. The summed E-state index contributed by atoms with van der Waals surface area (Å²) in [6, 6.07) is 19.2. The van der Waals surface area contributed by atoms with Crippen molar-refractivity contribution in [3.8, 4) is 33.9 Å². The highest BCUT2D eigenvalue weighted by Gasteiger charge is 2.11. The van der Waals surface area contributed by atoms with Crippen LogP contribution in [0, 0.1) is 0 Å². The van der Waals surface area contributed by atoms with E-state index in [1.54, 1.807) is 19.2 Å². The molecule has 0 bridgehead atoms. The fraction of sp³-hybridized carbons (Fsp3) is 0.261. The summed E-state index contributed by atoms with van der Waals surface area (Å²) in [5.41, 5.74) is 3.81. The lowest BCUT2D eigenvalue weighted by Crippen LogP contribution is -2.06. The first-order chi connectivity index (χ1) is 13.7. The van der Waals surface area contributed by atoms with E-state index in [1.165, 1.54) is 0 Å². The van der Waals surface area contributed by atoms with Gasteiger partial charge in [-0.1, -0.05) is 18.2 Å². The van der Waals surface area contributed by atoms with Gasteiger partial charge in [0.05, 0.1) is 12.3 Å². The standard InChI is InChI=1S/C23H26N2O3/c1-3-28-22-8-5-4-7-20(22)18-15-21(17-9-11-19(26)12-10-17)25-23(16-18)24-13-6-14-27-2/h4-5,7-12,15-16,26H,3,6,13-14H2,1-2H3,(H,24,25). The summed E-state index contributed by atoms with van der Waals surface area (Å²) in [7, 11) is 1.70. The lowest BCUT2D eigenvalue weighted by molar-refractivity contribution is 0.198. The normalized spacial score (nSPS) is 10.6. The predicted molar refractivity (Wildman–Crippen MR) is 113 cm³/mol. The maximum absolute atomic E-state index is 9.59. The maximum Gasteiger partial charge on any atom is 0.127 e. The molecule has 1 aromatic heterocycles. The van der Waals surface area contributed by atoms with Gasteiger partial charge >= 0.3 is 0 Å². The predicted octanol–water partition coefficient (Wildman–Crippen LogP) is 4.97. The highest BCUT2D eigenvalue weighted by atomic mass is 16.5. The Labute approximate surface area is 166 Å². The largest absolute Gasteiger partial charge is 0.508 e. The number of anilines is 1. The number of phenolic OH excluding ortho intramolecular Hbond substituents is 1. The Morgan fingerprint density at radius 2 is 1.79 bits per heavy atom. The number of hydrogen-bond acceptors (Lipinski definition) is 5. The fourth-order valence-corrected chi connectivity index (χ4v) is 2.98. The van der Waals surface area contributed by atoms with E-state index < -0.39 is 0 Å². The van der Waals surface area contributed by atoms with E-state index in [1.807, 2.05) is 49.4 Å². The molecule has 0 radical (unpaired) electrons. The maximum atomic E-state index is 9.59. The smallest absolute Gasteiger partial charge is 0.127 e. The molecule has 1 heterocycles. The molecule has 0 unspecified atom stereocenters. The third kappa shape index (κ3) is 5.02. The molecule has 3 rings (SSSR count). The van der Waals surface area contributed by atoms with Gasteiger partial charge in [0.2, 0.25) is 0 Å². The van der Waals surface area contributed by atoms with Crippen LogP contribution in [0.5, 0.6) is 11.5 Å². The molecule has 0 atom stereocenters. The Balaban J connectivity index is 2.01. The van der Waals surface area contributed by atoms with E-state index in [4.69, 9.17) is 14.5 Å². The number of benzene rings is 2. The molecule has 2 aromatic carbocycles. The van der Waals surface area contributed by atoms with E-state index in [0.29, 0.717) is 13.2 Å². The zero-order valence-electron chi connectivity index (χ0n) is 16.3. The van der Waals surface area contributed by atoms with Crippen LogP contribution in [0.2, 0.25) is 0 Å². The van der Waals surface area contributed by atoms with Gasteiger partial charge in [0.15, 0.2) is 0 Å². The van der Waals surface area contributed by atoms with Gasteiger partial charge in [-0.15, -0.1) is 0 Å². The zero-order valence-corrected chi connectivity index (χ0v) is 16.3. The molecule has 0 saturated heterocycles. The van der Waals surface area contributed by atoms with Crippen molar-refractivity contribution >= 4 is 5.82 Å². The van der Waals surface area contributed by atoms with Crippen molar-refractivity contribution in [1.82, 2.24) is 4.98 Å². The third-order valence-electron chi connectivity index (χ3n) is 4.32. The topological polar surface area (TPSA) is 63.6 Å². The summed E-state index contributed by atoms with van der Waals surface area (Å²) in [6.07, 6.45) is 0.895. The van der Waals surface area contributed by atoms with Crippen LogP contribution in [0.1, 0.15) is 13.3 Å². The number of nitrogens with one attached hydrogen (secondary N) is 1. The summed E-state index contributed by atoms with van der Waals surface area (Å²) >= 11 is 0. The Hall–Kier alpha value is -3.05. The summed E-state index contributed by atoms with van der Waals surface area (Å²) in [5, 5.41) is 13.0. The fourth-order valence-electron chi connectivity index (χ4n) is 2.98. The molecule has 0 amide bonds. The third-order valence-corrected chi connectivity index (χ3v) is 4.32. The van der Waals surface area contributed by atoms with Crippen molar-refractivity contribution in [3.63, 3.8) is 0 Å². The lowest BCUT2D eigenvalue weighted by atomic mass is 10.0. The molecule has 146 valence electrons. The second-order valence-electron chi connectivity index (χ2n) is 6.38. The summed E-state index contributed by atoms with van der Waals surface area (Å²) in [6.45, 7) is 4.06. The SMILES string of the molecule is CCOc1ccccc1-c1cc(NCCCOC)nc(-c2ccc(O)cc2)c1. The Morgan fingerprint density at radius 3 is 2.54 bits per heavy atom. The van der Waals surface area contributed by atoms with Crippen LogP contribution in [-0.4, -0.2) is 37.0 Å². The van der Waals surface area contributed by atoms with Gasteiger partial charge < -0.3 is 19.9 Å². The molecular formula is C23H26N2O3. The highest BCUT2D eigenvalue weighted by molar-refractivity contribution is 5.77. The minimum Gasteiger partial charge on any atom is -0.508 e. The Morgan fingerprint density at radius 1 is 1.00 bits per heavy atom. The van der Waals surface area contributed by atoms with Gasteiger partial charge in [-0.2, -0.15) is 0 Å². The second-order valence-corrected chi connectivity index (χ2v) is 6.38. The van der Waals surface area contributed by atoms with Gasteiger partial charge in [-0.05, 0) is 61.4 Å². The first kappa shape index (κ1) is 19.7. The lowest BCUT2D eigenvalue weighted by Gasteiger charge is -2.14. The van der Waals surface area contributed by atoms with Crippen LogP contribution >= 0.6 is 0 Å². The van der Waals surface area contributed by atoms with Crippen molar-refractivity contribution < 1.29 is 14.6 Å².